The van der Waals surface area contributed by atoms with Gasteiger partial charge in [-0.15, -0.1) is 0 Å². The standard InChI is InChI=1S/C18H17NO3S/c1-21-18-11-4-3-9-16(18)14-19-22-12-6-8-15-7-5-10-17(13-15)23(2)20/h3-5,7,9-11,13-14H,12H2,1-2H3. The molecule has 5 heteroatoms. The van der Waals surface area contributed by atoms with E-state index < -0.39 is 10.8 Å². The maximum absolute atomic E-state index is 11.4. The Kier molecular flexibility index (Phi) is 6.40. The second-order valence-electron chi connectivity index (χ2n) is 4.53. The number of benzene rings is 2. The van der Waals surface area contributed by atoms with Gasteiger partial charge in [-0.1, -0.05) is 35.2 Å². The van der Waals surface area contributed by atoms with Gasteiger partial charge < -0.3 is 9.57 Å². The Morgan fingerprint density at radius 3 is 2.83 bits per heavy atom. The molecule has 0 aliphatic heterocycles. The SMILES string of the molecule is COc1ccccc1C=NOCC#Cc1cccc(S(C)=O)c1. The lowest BCUT2D eigenvalue weighted by Gasteiger charge is -2.02. The predicted molar refractivity (Wildman–Crippen MR) is 92.2 cm³/mol. The number of methoxy groups -OCH3 is 1. The smallest absolute Gasteiger partial charge is 0.177 e. The van der Waals surface area contributed by atoms with Crippen LogP contribution in [-0.4, -0.2) is 30.4 Å². The van der Waals surface area contributed by atoms with E-state index in [9.17, 15) is 4.21 Å². The molecule has 2 aromatic rings. The van der Waals surface area contributed by atoms with Crippen LogP contribution in [-0.2, 0) is 15.6 Å². The fraction of sp³-hybridized carbons (Fsp3) is 0.167. The molecule has 23 heavy (non-hydrogen) atoms. The van der Waals surface area contributed by atoms with Crippen molar-refractivity contribution in [2.24, 2.45) is 5.16 Å². The Hall–Kier alpha value is -2.58. The molecule has 0 aliphatic rings. The molecule has 0 radical (unpaired) electrons. The monoisotopic (exact) mass is 327 g/mol. The van der Waals surface area contributed by atoms with Crippen LogP contribution in [0, 0.1) is 11.8 Å². The van der Waals surface area contributed by atoms with Crippen molar-refractivity contribution >= 4 is 17.0 Å². The zero-order chi connectivity index (χ0) is 16.5. The second kappa shape index (κ2) is 8.76. The van der Waals surface area contributed by atoms with Gasteiger partial charge in [0.05, 0.1) is 13.3 Å². The number of rotatable bonds is 5. The molecule has 0 saturated carbocycles. The highest BCUT2D eigenvalue weighted by molar-refractivity contribution is 7.84. The third kappa shape index (κ3) is 5.28. The fourth-order valence-electron chi connectivity index (χ4n) is 1.83. The third-order valence-electron chi connectivity index (χ3n) is 2.94. The highest BCUT2D eigenvalue weighted by Gasteiger charge is 1.97. The van der Waals surface area contributed by atoms with Gasteiger partial charge >= 0.3 is 0 Å². The molecule has 0 aromatic heterocycles. The minimum Gasteiger partial charge on any atom is -0.496 e. The molecule has 0 saturated heterocycles. The van der Waals surface area contributed by atoms with E-state index >= 15 is 0 Å². The Morgan fingerprint density at radius 2 is 2.04 bits per heavy atom. The normalized spacial score (nSPS) is 11.6. The van der Waals surface area contributed by atoms with Crippen molar-refractivity contribution in [2.45, 2.75) is 4.90 Å². The first-order valence-corrected chi connectivity index (χ1v) is 8.47. The molecule has 0 aliphatic carbocycles. The van der Waals surface area contributed by atoms with E-state index in [0.717, 1.165) is 21.8 Å². The van der Waals surface area contributed by atoms with Gasteiger partial charge in [0, 0.05) is 33.1 Å². The van der Waals surface area contributed by atoms with Crippen molar-refractivity contribution in [3.8, 4) is 17.6 Å². The summed E-state index contributed by atoms with van der Waals surface area (Å²) < 4.78 is 16.6. The fourth-order valence-corrected chi connectivity index (χ4v) is 2.39. The molecule has 0 bridgehead atoms. The summed E-state index contributed by atoms with van der Waals surface area (Å²) >= 11 is 0. The number of hydrogen-bond donors (Lipinski definition) is 0. The van der Waals surface area contributed by atoms with Crippen LogP contribution in [0.1, 0.15) is 11.1 Å². The molecule has 118 valence electrons. The highest BCUT2D eigenvalue weighted by atomic mass is 32.2. The first-order chi connectivity index (χ1) is 11.2. The van der Waals surface area contributed by atoms with Crippen molar-refractivity contribution < 1.29 is 13.8 Å². The van der Waals surface area contributed by atoms with Crippen LogP contribution in [0.5, 0.6) is 5.75 Å². The molecular formula is C18H17NO3S. The maximum atomic E-state index is 11.4. The van der Waals surface area contributed by atoms with Gasteiger partial charge in [-0.3, -0.25) is 4.21 Å². The van der Waals surface area contributed by atoms with Gasteiger partial charge in [-0.25, -0.2) is 0 Å². The zero-order valence-corrected chi connectivity index (χ0v) is 13.8. The minimum atomic E-state index is -1.01. The molecule has 0 heterocycles. The predicted octanol–water partition coefficient (Wildman–Crippen LogP) is 2.83. The quantitative estimate of drug-likeness (QED) is 0.367. The van der Waals surface area contributed by atoms with Gasteiger partial charge in [0.1, 0.15) is 5.75 Å². The summed E-state index contributed by atoms with van der Waals surface area (Å²) in [5.74, 6) is 6.55. The molecule has 0 N–H and O–H groups in total. The van der Waals surface area contributed by atoms with Crippen molar-refractivity contribution in [3.63, 3.8) is 0 Å². The number of oxime groups is 1. The first-order valence-electron chi connectivity index (χ1n) is 6.91. The Labute approximate surface area is 138 Å². The summed E-state index contributed by atoms with van der Waals surface area (Å²) in [5, 5.41) is 3.87. The number of para-hydroxylation sites is 1. The van der Waals surface area contributed by atoms with Crippen LogP contribution < -0.4 is 4.74 Å². The van der Waals surface area contributed by atoms with Gasteiger partial charge in [-0.05, 0) is 30.3 Å². The second-order valence-corrected chi connectivity index (χ2v) is 5.91. The average Bonchev–Trinajstić information content (AvgIpc) is 2.58. The summed E-state index contributed by atoms with van der Waals surface area (Å²) in [5.41, 5.74) is 1.64. The van der Waals surface area contributed by atoms with Crippen LogP contribution >= 0.6 is 0 Å². The van der Waals surface area contributed by atoms with Crippen LogP contribution in [0.15, 0.2) is 58.6 Å². The molecule has 0 amide bonds. The Morgan fingerprint density at radius 1 is 1.22 bits per heavy atom. The van der Waals surface area contributed by atoms with E-state index in [1.165, 1.54) is 0 Å². The van der Waals surface area contributed by atoms with E-state index in [-0.39, 0.29) is 6.61 Å². The lowest BCUT2D eigenvalue weighted by molar-refractivity contribution is 0.181. The molecule has 2 aromatic carbocycles. The lowest BCUT2D eigenvalue weighted by Crippen LogP contribution is -1.91. The number of nitrogens with zero attached hydrogens (tertiary/aromatic N) is 1. The van der Waals surface area contributed by atoms with Gasteiger partial charge in [0.15, 0.2) is 6.61 Å². The van der Waals surface area contributed by atoms with Gasteiger partial charge in [0.25, 0.3) is 0 Å². The maximum Gasteiger partial charge on any atom is 0.177 e. The lowest BCUT2D eigenvalue weighted by atomic mass is 10.2. The van der Waals surface area contributed by atoms with E-state index in [2.05, 4.69) is 17.0 Å². The topological polar surface area (TPSA) is 47.9 Å². The molecule has 2 rings (SSSR count). The highest BCUT2D eigenvalue weighted by Crippen LogP contribution is 2.14. The number of hydrogen-bond acceptors (Lipinski definition) is 4. The molecule has 1 atom stereocenters. The zero-order valence-electron chi connectivity index (χ0n) is 13.0. The largest absolute Gasteiger partial charge is 0.496 e. The third-order valence-corrected chi connectivity index (χ3v) is 3.86. The Bertz CT molecular complexity index is 775. The van der Waals surface area contributed by atoms with Gasteiger partial charge in [0.2, 0.25) is 0 Å². The average molecular weight is 327 g/mol. The molecular weight excluding hydrogens is 310 g/mol. The van der Waals surface area contributed by atoms with Crippen molar-refractivity contribution in [1.82, 2.24) is 0 Å². The molecule has 0 spiro atoms. The van der Waals surface area contributed by atoms with E-state index in [1.54, 1.807) is 25.6 Å². The summed E-state index contributed by atoms with van der Waals surface area (Å²) in [6, 6.07) is 14.8. The summed E-state index contributed by atoms with van der Waals surface area (Å²) in [6.07, 6.45) is 3.23. The first kappa shape index (κ1) is 16.8. The van der Waals surface area contributed by atoms with E-state index in [1.807, 2.05) is 42.5 Å². The van der Waals surface area contributed by atoms with Crippen molar-refractivity contribution in [1.29, 1.82) is 0 Å². The van der Waals surface area contributed by atoms with Crippen LogP contribution in [0.3, 0.4) is 0 Å². The summed E-state index contributed by atoms with van der Waals surface area (Å²) in [7, 11) is 0.599. The van der Waals surface area contributed by atoms with Crippen molar-refractivity contribution in [2.75, 3.05) is 20.0 Å². The van der Waals surface area contributed by atoms with Crippen molar-refractivity contribution in [3.05, 3.63) is 59.7 Å². The molecule has 0 fully saturated rings. The summed E-state index contributed by atoms with van der Waals surface area (Å²) in [4.78, 5) is 5.87. The van der Waals surface area contributed by atoms with Gasteiger partial charge in [-0.2, -0.15) is 0 Å². The molecule has 1 unspecified atom stereocenters. The van der Waals surface area contributed by atoms with E-state index in [4.69, 9.17) is 9.57 Å². The number of ether oxygens (including phenoxy) is 1. The van der Waals surface area contributed by atoms with Crippen LogP contribution in [0.25, 0.3) is 0 Å². The van der Waals surface area contributed by atoms with E-state index in [0.29, 0.717) is 0 Å². The van der Waals surface area contributed by atoms with Crippen LogP contribution in [0.4, 0.5) is 0 Å². The molecule has 4 nitrogen and oxygen atoms in total. The summed E-state index contributed by atoms with van der Waals surface area (Å²) in [6.45, 7) is 0.172. The minimum absolute atomic E-state index is 0.172. The Balaban J connectivity index is 1.90. The van der Waals surface area contributed by atoms with Crippen LogP contribution in [0.2, 0.25) is 0 Å².